The van der Waals surface area contributed by atoms with Crippen molar-refractivity contribution in [3.63, 3.8) is 0 Å². The normalized spacial score (nSPS) is 23.9. The molecule has 2 atom stereocenters. The molecule has 1 N–H and O–H groups in total. The molecular formula is C10H15IN4S. The van der Waals surface area contributed by atoms with Gasteiger partial charge in [-0.05, 0) is 25.3 Å². The first kappa shape index (κ1) is 13.7. The summed E-state index contributed by atoms with van der Waals surface area (Å²) in [4.78, 5) is 6.53. The van der Waals surface area contributed by atoms with E-state index in [2.05, 4.69) is 28.3 Å². The van der Waals surface area contributed by atoms with Gasteiger partial charge in [0.1, 0.15) is 5.82 Å². The molecule has 0 aliphatic carbocycles. The van der Waals surface area contributed by atoms with Crippen LogP contribution in [0.2, 0.25) is 0 Å². The Morgan fingerprint density at radius 1 is 1.44 bits per heavy atom. The molecule has 1 aromatic rings. The van der Waals surface area contributed by atoms with Crippen LogP contribution in [0.3, 0.4) is 0 Å². The number of halogens is 1. The average molecular weight is 350 g/mol. The highest BCUT2D eigenvalue weighted by molar-refractivity contribution is 7.99. The van der Waals surface area contributed by atoms with Crippen LogP contribution in [0.5, 0.6) is 0 Å². The Bertz CT molecular complexity index is 370. The molecule has 0 saturated carbocycles. The van der Waals surface area contributed by atoms with Crippen molar-refractivity contribution >= 4 is 23.4 Å². The second-order valence-electron chi connectivity index (χ2n) is 3.45. The Morgan fingerprint density at radius 2 is 2.19 bits per heavy atom. The van der Waals surface area contributed by atoms with E-state index in [1.54, 1.807) is 11.8 Å². The Hall–Kier alpha value is -0.340. The molecule has 0 saturated heterocycles. The Labute approximate surface area is 117 Å². The number of anilines is 1. The summed E-state index contributed by atoms with van der Waals surface area (Å²) in [5, 5.41) is 5.64. The largest absolute Gasteiger partial charge is 1.00 e. The first-order chi connectivity index (χ1) is 7.24. The van der Waals surface area contributed by atoms with Gasteiger partial charge in [-0.1, -0.05) is 22.9 Å². The molecule has 0 amide bonds. The van der Waals surface area contributed by atoms with Gasteiger partial charge in [-0.3, -0.25) is 0 Å². The number of hydrogen-bond donors (Lipinski definition) is 1. The number of rotatable bonds is 2. The Morgan fingerprint density at radius 3 is 2.75 bits per heavy atom. The average Bonchev–Trinajstić information content (AvgIpc) is 2.54. The van der Waals surface area contributed by atoms with Crippen molar-refractivity contribution in [3.05, 3.63) is 24.4 Å². The second kappa shape index (κ2) is 5.83. The third kappa shape index (κ3) is 2.49. The lowest BCUT2D eigenvalue weighted by atomic mass is 10.4. The molecule has 2 unspecified atom stereocenters. The van der Waals surface area contributed by atoms with Crippen molar-refractivity contribution in [2.45, 2.75) is 12.4 Å². The van der Waals surface area contributed by atoms with E-state index >= 15 is 0 Å². The SMILES string of the molecule is CSC1N(c2ccccn2)C(C)=N[NH+]1C.[I-]. The molecule has 1 aliphatic heterocycles. The highest BCUT2D eigenvalue weighted by Crippen LogP contribution is 2.19. The van der Waals surface area contributed by atoms with Gasteiger partial charge in [0.05, 0.1) is 7.05 Å². The highest BCUT2D eigenvalue weighted by atomic mass is 127. The second-order valence-corrected chi connectivity index (χ2v) is 4.36. The predicted octanol–water partition coefficient (Wildman–Crippen LogP) is -2.60. The number of nitrogens with zero attached hydrogens (tertiary/aromatic N) is 3. The minimum Gasteiger partial charge on any atom is -1.00 e. The van der Waals surface area contributed by atoms with Crippen LogP contribution in [0.15, 0.2) is 29.5 Å². The van der Waals surface area contributed by atoms with Crippen LogP contribution < -0.4 is 33.9 Å². The molecule has 0 spiro atoms. The molecule has 0 aromatic carbocycles. The zero-order valence-electron chi connectivity index (χ0n) is 9.51. The van der Waals surface area contributed by atoms with Crippen molar-refractivity contribution in [2.24, 2.45) is 5.10 Å². The van der Waals surface area contributed by atoms with Crippen LogP contribution in [0.25, 0.3) is 0 Å². The summed E-state index contributed by atoms with van der Waals surface area (Å²) >= 11 is 1.78. The van der Waals surface area contributed by atoms with Gasteiger partial charge in [0.2, 0.25) is 5.50 Å². The molecule has 0 radical (unpaired) electrons. The third-order valence-corrected chi connectivity index (χ3v) is 3.40. The molecule has 0 fully saturated rings. The molecule has 88 valence electrons. The molecule has 16 heavy (non-hydrogen) atoms. The molecule has 6 heteroatoms. The maximum absolute atomic E-state index is 4.50. The summed E-state index contributed by atoms with van der Waals surface area (Å²) in [7, 11) is 2.06. The number of thioether (sulfide) groups is 1. The minimum atomic E-state index is 0. The zero-order valence-corrected chi connectivity index (χ0v) is 12.5. The van der Waals surface area contributed by atoms with Crippen molar-refractivity contribution < 1.29 is 29.0 Å². The van der Waals surface area contributed by atoms with Gasteiger partial charge in [0.25, 0.3) is 0 Å². The van der Waals surface area contributed by atoms with Crippen molar-refractivity contribution in [1.29, 1.82) is 0 Å². The molecular weight excluding hydrogens is 335 g/mol. The van der Waals surface area contributed by atoms with Gasteiger partial charge < -0.3 is 24.0 Å². The topological polar surface area (TPSA) is 32.9 Å². The Balaban J connectivity index is 0.00000128. The van der Waals surface area contributed by atoms with Crippen molar-refractivity contribution in [1.82, 2.24) is 4.98 Å². The Kier molecular flexibility index (Phi) is 5.00. The summed E-state index contributed by atoms with van der Waals surface area (Å²) in [5.41, 5.74) is 0.292. The van der Waals surface area contributed by atoms with E-state index in [-0.39, 0.29) is 24.0 Å². The minimum absolute atomic E-state index is 0. The fourth-order valence-corrected chi connectivity index (χ4v) is 2.64. The lowest BCUT2D eigenvalue weighted by Crippen LogP contribution is -3.07. The summed E-state index contributed by atoms with van der Waals surface area (Å²) < 4.78 is 0. The van der Waals surface area contributed by atoms with Gasteiger partial charge in [0, 0.05) is 6.20 Å². The predicted molar refractivity (Wildman–Crippen MR) is 64.0 cm³/mol. The molecule has 0 bridgehead atoms. The molecule has 1 aromatic heterocycles. The first-order valence-corrected chi connectivity index (χ1v) is 6.14. The maximum Gasteiger partial charge on any atom is 0.242 e. The summed E-state index contributed by atoms with van der Waals surface area (Å²) in [6.07, 6.45) is 3.91. The van der Waals surface area contributed by atoms with Gasteiger partial charge in [-0.2, -0.15) is 5.01 Å². The smallest absolute Gasteiger partial charge is 0.242 e. The summed E-state index contributed by atoms with van der Waals surface area (Å²) in [6.45, 7) is 2.02. The van der Waals surface area contributed by atoms with Crippen LogP contribution in [0, 0.1) is 0 Å². The molecule has 4 nitrogen and oxygen atoms in total. The molecule has 2 rings (SSSR count). The van der Waals surface area contributed by atoms with E-state index < -0.39 is 0 Å². The first-order valence-electron chi connectivity index (χ1n) is 4.86. The number of amidine groups is 1. The summed E-state index contributed by atoms with van der Waals surface area (Å²) in [5.74, 6) is 1.99. The van der Waals surface area contributed by atoms with Crippen LogP contribution in [-0.2, 0) is 0 Å². The fourth-order valence-electron chi connectivity index (χ4n) is 1.78. The monoisotopic (exact) mass is 350 g/mol. The zero-order chi connectivity index (χ0) is 10.8. The van der Waals surface area contributed by atoms with Gasteiger partial charge in [-0.25, -0.2) is 9.88 Å². The van der Waals surface area contributed by atoms with Crippen LogP contribution >= 0.6 is 11.8 Å². The van der Waals surface area contributed by atoms with E-state index in [0.717, 1.165) is 16.7 Å². The number of aromatic nitrogens is 1. The number of pyridine rings is 1. The molecule has 2 heterocycles. The van der Waals surface area contributed by atoms with Gasteiger partial charge in [0.15, 0.2) is 5.84 Å². The van der Waals surface area contributed by atoms with E-state index in [1.807, 2.05) is 31.3 Å². The van der Waals surface area contributed by atoms with Crippen LogP contribution in [-0.4, -0.2) is 29.6 Å². The van der Waals surface area contributed by atoms with E-state index in [1.165, 1.54) is 0 Å². The maximum atomic E-state index is 4.50. The quantitative estimate of drug-likeness (QED) is 0.594. The number of nitrogens with one attached hydrogen (secondary N) is 1. The van der Waals surface area contributed by atoms with E-state index in [4.69, 9.17) is 0 Å². The van der Waals surface area contributed by atoms with Crippen LogP contribution in [0.1, 0.15) is 6.92 Å². The van der Waals surface area contributed by atoms with Crippen LogP contribution in [0.4, 0.5) is 5.82 Å². The number of quaternary nitrogens is 1. The van der Waals surface area contributed by atoms with E-state index in [9.17, 15) is 0 Å². The summed E-state index contributed by atoms with van der Waals surface area (Å²) in [6, 6.07) is 5.94. The lowest BCUT2D eigenvalue weighted by Gasteiger charge is -2.22. The third-order valence-electron chi connectivity index (χ3n) is 2.40. The van der Waals surface area contributed by atoms with Crippen molar-refractivity contribution in [3.8, 4) is 0 Å². The highest BCUT2D eigenvalue weighted by Gasteiger charge is 2.35. The van der Waals surface area contributed by atoms with Gasteiger partial charge >= 0.3 is 0 Å². The van der Waals surface area contributed by atoms with Gasteiger partial charge in [-0.15, -0.1) is 0 Å². The lowest BCUT2D eigenvalue weighted by molar-refractivity contribution is -0.890. The molecule has 1 aliphatic rings. The fraction of sp³-hybridized carbons (Fsp3) is 0.400. The standard InChI is InChI=1S/C10H14N4S.HI/c1-8-12-13(2)10(15-3)14(8)9-6-4-5-7-11-9;/h4-7,10H,1-3H3;1H. The number of hydrogen-bond acceptors (Lipinski definition) is 4. The van der Waals surface area contributed by atoms with Crippen molar-refractivity contribution in [2.75, 3.05) is 18.2 Å². The van der Waals surface area contributed by atoms with E-state index in [0.29, 0.717) is 5.50 Å².